The largest absolute Gasteiger partial charge is 0.480 e. The van der Waals surface area contributed by atoms with E-state index in [2.05, 4.69) is 15.3 Å². The number of hydrogen-bond acceptors (Lipinski definition) is 4. The number of carboxylic acids is 1. The molecule has 0 rings (SSSR count). The average Bonchev–Trinajstić information content (AvgIpc) is 2.14. The Morgan fingerprint density at radius 3 is 2.33 bits per heavy atom. The van der Waals surface area contributed by atoms with Gasteiger partial charge in [0.15, 0.2) is 0 Å². The van der Waals surface area contributed by atoms with E-state index in [1.54, 1.807) is 20.8 Å². The number of rotatable bonds is 5. The highest BCUT2D eigenvalue weighted by Gasteiger charge is 2.35. The summed E-state index contributed by atoms with van der Waals surface area (Å²) in [7, 11) is 0. The van der Waals surface area contributed by atoms with E-state index in [1.165, 1.54) is 6.92 Å². The van der Waals surface area contributed by atoms with E-state index in [9.17, 15) is 9.59 Å². The summed E-state index contributed by atoms with van der Waals surface area (Å²) in [6.45, 7) is 6.31. The Balaban J connectivity index is 4.66. The van der Waals surface area contributed by atoms with Crippen molar-refractivity contribution in [2.24, 2.45) is 5.11 Å². The van der Waals surface area contributed by atoms with E-state index in [-0.39, 0.29) is 13.0 Å². The topological polar surface area (TPSA) is 124 Å². The molecule has 0 saturated carbocycles. The minimum Gasteiger partial charge on any atom is -0.480 e. The summed E-state index contributed by atoms with van der Waals surface area (Å²) >= 11 is 0. The van der Waals surface area contributed by atoms with Crippen LogP contribution in [0.25, 0.3) is 10.4 Å². The third-order valence-electron chi connectivity index (χ3n) is 2.02. The van der Waals surface area contributed by atoms with Gasteiger partial charge < -0.3 is 15.2 Å². The second-order valence-corrected chi connectivity index (χ2v) is 4.97. The van der Waals surface area contributed by atoms with Crippen molar-refractivity contribution in [1.82, 2.24) is 5.32 Å². The summed E-state index contributed by atoms with van der Waals surface area (Å²) in [5.41, 5.74) is 5.89. The van der Waals surface area contributed by atoms with Gasteiger partial charge in [0.05, 0.1) is 0 Å². The number of ether oxygens (including phenoxy) is 1. The molecule has 1 atom stereocenters. The zero-order chi connectivity index (χ0) is 14.4. The minimum atomic E-state index is -1.53. The van der Waals surface area contributed by atoms with Crippen LogP contribution in [0.2, 0.25) is 0 Å². The molecule has 0 aromatic carbocycles. The quantitative estimate of drug-likeness (QED) is 0.444. The molecule has 1 amide bonds. The van der Waals surface area contributed by atoms with Crippen molar-refractivity contribution in [1.29, 1.82) is 0 Å². The fourth-order valence-electron chi connectivity index (χ4n) is 1.07. The molecule has 0 heterocycles. The maximum absolute atomic E-state index is 11.5. The van der Waals surface area contributed by atoms with Crippen LogP contribution in [0.3, 0.4) is 0 Å². The zero-order valence-electron chi connectivity index (χ0n) is 10.9. The first-order valence-electron chi connectivity index (χ1n) is 5.36. The van der Waals surface area contributed by atoms with Crippen molar-refractivity contribution < 1.29 is 19.4 Å². The smallest absolute Gasteiger partial charge is 0.408 e. The molecule has 8 heteroatoms. The highest BCUT2D eigenvalue weighted by atomic mass is 16.6. The van der Waals surface area contributed by atoms with Crippen molar-refractivity contribution in [3.63, 3.8) is 0 Å². The van der Waals surface area contributed by atoms with Gasteiger partial charge in [-0.25, -0.2) is 9.59 Å². The van der Waals surface area contributed by atoms with Crippen LogP contribution < -0.4 is 5.32 Å². The van der Waals surface area contributed by atoms with E-state index in [1.807, 2.05) is 0 Å². The lowest BCUT2D eigenvalue weighted by Gasteiger charge is -2.28. The van der Waals surface area contributed by atoms with Crippen molar-refractivity contribution in [3.8, 4) is 0 Å². The number of azide groups is 1. The van der Waals surface area contributed by atoms with Gasteiger partial charge in [-0.1, -0.05) is 5.11 Å². The first kappa shape index (κ1) is 16.1. The molecule has 0 aliphatic rings. The Morgan fingerprint density at radius 1 is 1.39 bits per heavy atom. The van der Waals surface area contributed by atoms with Crippen molar-refractivity contribution in [3.05, 3.63) is 10.4 Å². The maximum atomic E-state index is 11.5. The second-order valence-electron chi connectivity index (χ2n) is 4.97. The molecule has 0 aliphatic heterocycles. The summed E-state index contributed by atoms with van der Waals surface area (Å²) in [4.78, 5) is 25.1. The van der Waals surface area contributed by atoms with Crippen LogP contribution in [-0.2, 0) is 9.53 Å². The minimum absolute atomic E-state index is 0.0222. The van der Waals surface area contributed by atoms with Crippen LogP contribution in [-0.4, -0.2) is 34.9 Å². The van der Waals surface area contributed by atoms with E-state index in [0.717, 1.165) is 0 Å². The van der Waals surface area contributed by atoms with Gasteiger partial charge in [0.2, 0.25) is 0 Å². The SMILES string of the molecule is CC(C)(C)OC(=O)NC(C)(CCN=[N+]=[N-])C(=O)O. The van der Waals surface area contributed by atoms with Crippen LogP contribution in [0.1, 0.15) is 34.1 Å². The number of amides is 1. The molecule has 0 bridgehead atoms. The summed E-state index contributed by atoms with van der Waals surface area (Å²) in [5, 5.41) is 14.6. The normalized spacial score (nSPS) is 14.0. The van der Waals surface area contributed by atoms with Crippen molar-refractivity contribution >= 4 is 12.1 Å². The van der Waals surface area contributed by atoms with E-state index >= 15 is 0 Å². The summed E-state index contributed by atoms with van der Waals surface area (Å²) in [6, 6.07) is 0. The Morgan fingerprint density at radius 2 is 1.94 bits per heavy atom. The highest BCUT2D eigenvalue weighted by molar-refractivity contribution is 5.83. The summed E-state index contributed by atoms with van der Waals surface area (Å²) in [6.07, 6.45) is -0.848. The lowest BCUT2D eigenvalue weighted by atomic mass is 9.98. The standard InChI is InChI=1S/C10H18N4O4/c1-9(2,3)18-8(17)13-10(4,7(15)16)5-6-12-14-11/h5-6H2,1-4H3,(H,13,17)(H,15,16). The number of nitrogens with zero attached hydrogens (tertiary/aromatic N) is 3. The van der Waals surface area contributed by atoms with Gasteiger partial charge in [0, 0.05) is 11.5 Å². The van der Waals surface area contributed by atoms with E-state index < -0.39 is 23.2 Å². The Kier molecular flexibility index (Phi) is 5.45. The predicted molar refractivity (Wildman–Crippen MR) is 64.0 cm³/mol. The monoisotopic (exact) mass is 258 g/mol. The van der Waals surface area contributed by atoms with E-state index in [4.69, 9.17) is 15.4 Å². The molecule has 0 aromatic rings. The van der Waals surface area contributed by atoms with Crippen LogP contribution >= 0.6 is 0 Å². The Labute approximate surface area is 105 Å². The molecule has 102 valence electrons. The van der Waals surface area contributed by atoms with Gasteiger partial charge in [-0.15, -0.1) is 0 Å². The first-order valence-corrected chi connectivity index (χ1v) is 5.36. The van der Waals surface area contributed by atoms with Crippen molar-refractivity contribution in [2.75, 3.05) is 6.54 Å². The number of carbonyl (C=O) groups is 2. The molecule has 0 saturated heterocycles. The zero-order valence-corrected chi connectivity index (χ0v) is 10.9. The van der Waals surface area contributed by atoms with Gasteiger partial charge >= 0.3 is 12.1 Å². The first-order chi connectivity index (χ1) is 8.10. The predicted octanol–water partition coefficient (Wildman–Crippen LogP) is 2.05. The Bertz CT molecular complexity index is 371. The highest BCUT2D eigenvalue weighted by Crippen LogP contribution is 2.13. The molecule has 0 aromatic heterocycles. The van der Waals surface area contributed by atoms with E-state index in [0.29, 0.717) is 0 Å². The summed E-state index contributed by atoms with van der Waals surface area (Å²) < 4.78 is 4.97. The number of hydrogen-bond donors (Lipinski definition) is 2. The lowest BCUT2D eigenvalue weighted by molar-refractivity contribution is -0.144. The van der Waals surface area contributed by atoms with Crippen LogP contribution in [0.15, 0.2) is 5.11 Å². The molecule has 18 heavy (non-hydrogen) atoms. The Hall–Kier alpha value is -1.95. The third-order valence-corrected chi connectivity index (χ3v) is 2.02. The fourth-order valence-corrected chi connectivity index (χ4v) is 1.07. The number of aliphatic carboxylic acids is 1. The molecule has 2 N–H and O–H groups in total. The average molecular weight is 258 g/mol. The maximum Gasteiger partial charge on any atom is 0.408 e. The molecule has 0 spiro atoms. The molecular formula is C10H18N4O4. The van der Waals surface area contributed by atoms with Crippen LogP contribution in [0, 0.1) is 0 Å². The van der Waals surface area contributed by atoms with Gasteiger partial charge in [-0.3, -0.25) is 0 Å². The molecular weight excluding hydrogens is 240 g/mol. The molecule has 0 aliphatic carbocycles. The number of carboxylic acid groups (broad SMARTS) is 1. The van der Waals surface area contributed by atoms with Crippen molar-refractivity contribution in [2.45, 2.75) is 45.3 Å². The molecule has 0 radical (unpaired) electrons. The van der Waals surface area contributed by atoms with Crippen LogP contribution in [0.5, 0.6) is 0 Å². The van der Waals surface area contributed by atoms with Gasteiger partial charge in [0.1, 0.15) is 11.1 Å². The van der Waals surface area contributed by atoms with Gasteiger partial charge in [-0.05, 0) is 39.6 Å². The molecule has 0 fully saturated rings. The fraction of sp³-hybridized carbons (Fsp3) is 0.800. The number of carbonyl (C=O) groups excluding carboxylic acids is 1. The van der Waals surface area contributed by atoms with Gasteiger partial charge in [-0.2, -0.15) is 0 Å². The number of nitrogens with one attached hydrogen (secondary N) is 1. The number of alkyl carbamates (subject to hydrolysis) is 1. The molecule has 1 unspecified atom stereocenters. The third kappa shape index (κ3) is 5.95. The lowest BCUT2D eigenvalue weighted by Crippen LogP contribution is -2.53. The summed E-state index contributed by atoms with van der Waals surface area (Å²) in [5.74, 6) is -1.22. The van der Waals surface area contributed by atoms with Gasteiger partial charge in [0.25, 0.3) is 0 Å². The second kappa shape index (κ2) is 6.11. The molecule has 8 nitrogen and oxygen atoms in total. The van der Waals surface area contributed by atoms with Crippen LogP contribution in [0.4, 0.5) is 4.79 Å².